The molecule has 35 heavy (non-hydrogen) atoms. The molecule has 5 rings (SSSR count). The average molecular weight is 473 g/mol. The van der Waals surface area contributed by atoms with Crippen LogP contribution in [-0.2, 0) is 4.79 Å². The maximum absolute atomic E-state index is 13.4. The van der Waals surface area contributed by atoms with Gasteiger partial charge in [0.2, 0.25) is 5.91 Å². The lowest BCUT2D eigenvalue weighted by Gasteiger charge is -2.34. The van der Waals surface area contributed by atoms with Gasteiger partial charge in [0.05, 0.1) is 29.5 Å². The predicted molar refractivity (Wildman–Crippen MR) is 131 cm³/mol. The van der Waals surface area contributed by atoms with Crippen molar-refractivity contribution in [3.05, 3.63) is 60.6 Å². The van der Waals surface area contributed by atoms with Crippen LogP contribution in [-0.4, -0.2) is 57.8 Å². The molecule has 0 bridgehead atoms. The van der Waals surface area contributed by atoms with Crippen LogP contribution in [0.25, 0.3) is 33.9 Å². The van der Waals surface area contributed by atoms with Gasteiger partial charge in [0, 0.05) is 31.7 Å². The summed E-state index contributed by atoms with van der Waals surface area (Å²) < 4.78 is 11.2. The van der Waals surface area contributed by atoms with Crippen LogP contribution in [0, 0.1) is 5.92 Å². The van der Waals surface area contributed by atoms with Crippen LogP contribution in [0.5, 0.6) is 0 Å². The van der Waals surface area contributed by atoms with Crippen molar-refractivity contribution < 1.29 is 18.4 Å². The van der Waals surface area contributed by atoms with E-state index in [0.29, 0.717) is 65.7 Å². The summed E-state index contributed by atoms with van der Waals surface area (Å²) in [4.78, 5) is 39.5. The Hall–Kier alpha value is -3.94. The highest BCUT2D eigenvalue weighted by Crippen LogP contribution is 2.32. The van der Waals surface area contributed by atoms with Crippen LogP contribution in [0.1, 0.15) is 37.0 Å². The lowest BCUT2D eigenvalue weighted by Crippen LogP contribution is -2.46. The van der Waals surface area contributed by atoms with Crippen molar-refractivity contribution in [2.45, 2.75) is 26.7 Å². The number of carbonyl (C=O) groups is 2. The molecule has 0 aliphatic carbocycles. The fourth-order valence-corrected chi connectivity index (χ4v) is 4.70. The van der Waals surface area contributed by atoms with Crippen molar-refractivity contribution in [2.75, 3.05) is 26.2 Å². The van der Waals surface area contributed by atoms with E-state index in [1.807, 2.05) is 30.9 Å². The molecule has 1 aromatic carbocycles. The fourth-order valence-electron chi connectivity index (χ4n) is 4.70. The molecule has 8 nitrogen and oxygen atoms in total. The van der Waals surface area contributed by atoms with Crippen molar-refractivity contribution in [1.29, 1.82) is 0 Å². The summed E-state index contributed by atoms with van der Waals surface area (Å²) in [6, 6.07) is 12.6. The number of hydrogen-bond donors (Lipinski definition) is 0. The number of nitrogens with zero attached hydrogens (tertiary/aromatic N) is 4. The second kappa shape index (κ2) is 9.74. The second-order valence-electron chi connectivity index (χ2n) is 8.68. The smallest absolute Gasteiger partial charge is 0.253 e. The normalized spacial score (nSPS) is 15.9. The molecule has 0 unspecified atom stereocenters. The lowest BCUT2D eigenvalue weighted by atomic mass is 9.95. The van der Waals surface area contributed by atoms with Gasteiger partial charge in [-0.15, -0.1) is 0 Å². The highest BCUT2D eigenvalue weighted by molar-refractivity contribution is 5.98. The van der Waals surface area contributed by atoms with E-state index in [1.165, 1.54) is 0 Å². The van der Waals surface area contributed by atoms with Gasteiger partial charge in [-0.05, 0) is 69.2 Å². The number of carbonyl (C=O) groups excluding carboxylic acids is 2. The molecule has 0 N–H and O–H groups in total. The Morgan fingerprint density at radius 1 is 0.971 bits per heavy atom. The summed E-state index contributed by atoms with van der Waals surface area (Å²) in [7, 11) is 0. The van der Waals surface area contributed by atoms with Crippen molar-refractivity contribution in [2.24, 2.45) is 5.92 Å². The molecule has 1 aliphatic rings. The van der Waals surface area contributed by atoms with Gasteiger partial charge in [0.25, 0.3) is 5.91 Å². The number of benzene rings is 1. The summed E-state index contributed by atoms with van der Waals surface area (Å²) in [5, 5.41) is 0. The van der Waals surface area contributed by atoms with E-state index < -0.39 is 0 Å². The number of hydrogen-bond acceptors (Lipinski definition) is 6. The number of rotatable bonds is 6. The first-order chi connectivity index (χ1) is 17.1. The van der Waals surface area contributed by atoms with Crippen LogP contribution < -0.4 is 0 Å². The molecule has 4 heterocycles. The zero-order chi connectivity index (χ0) is 24.4. The van der Waals surface area contributed by atoms with Crippen LogP contribution in [0.4, 0.5) is 0 Å². The molecule has 8 heteroatoms. The summed E-state index contributed by atoms with van der Waals surface area (Å²) in [6.07, 6.45) is 4.79. The SMILES string of the molecule is CCN(CC)C(=O)[C@H]1CCCN(C(=O)c2ccc3nc(-c4ccco4)c(-c4ccco4)nc3c2)C1. The molecule has 1 atom stereocenters. The molecule has 1 aliphatic heterocycles. The summed E-state index contributed by atoms with van der Waals surface area (Å²) in [6.45, 7) is 6.41. The standard InChI is InChI=1S/C27H28N4O4/c1-3-30(4-2)27(33)19-8-5-13-31(17-19)26(32)18-11-12-20-21(16-18)29-25(23-10-7-15-35-23)24(28-20)22-9-6-14-34-22/h6-7,9-12,14-16,19H,3-5,8,13,17H2,1-2H3/t19-/m0/s1. The summed E-state index contributed by atoms with van der Waals surface area (Å²) in [5.74, 6) is 1.03. The Labute approximate surface area is 203 Å². The monoisotopic (exact) mass is 472 g/mol. The topological polar surface area (TPSA) is 92.7 Å². The first-order valence-electron chi connectivity index (χ1n) is 12.1. The largest absolute Gasteiger partial charge is 0.463 e. The minimum atomic E-state index is -0.158. The number of piperidine rings is 1. The first-order valence-corrected chi connectivity index (χ1v) is 12.1. The van der Waals surface area contributed by atoms with E-state index in [4.69, 9.17) is 18.8 Å². The molecule has 1 fully saturated rings. The molecular weight excluding hydrogens is 444 g/mol. The van der Waals surface area contributed by atoms with Crippen molar-refractivity contribution in [3.63, 3.8) is 0 Å². The molecule has 1 saturated heterocycles. The van der Waals surface area contributed by atoms with Crippen molar-refractivity contribution in [1.82, 2.24) is 19.8 Å². The maximum atomic E-state index is 13.4. The van der Waals surface area contributed by atoms with Gasteiger partial charge in [-0.3, -0.25) is 9.59 Å². The van der Waals surface area contributed by atoms with Gasteiger partial charge in [0.1, 0.15) is 11.4 Å². The molecule has 0 spiro atoms. The number of furan rings is 2. The summed E-state index contributed by atoms with van der Waals surface area (Å²) in [5.41, 5.74) is 2.89. The number of fused-ring (bicyclic) bond motifs is 1. The van der Waals surface area contributed by atoms with E-state index in [2.05, 4.69) is 0 Å². The Kier molecular flexibility index (Phi) is 6.35. The van der Waals surface area contributed by atoms with Gasteiger partial charge in [-0.25, -0.2) is 9.97 Å². The molecular formula is C27H28N4O4. The minimum absolute atomic E-state index is 0.0968. The molecule has 0 saturated carbocycles. The highest BCUT2D eigenvalue weighted by Gasteiger charge is 2.31. The molecule has 3 aromatic heterocycles. The quantitative estimate of drug-likeness (QED) is 0.397. The lowest BCUT2D eigenvalue weighted by molar-refractivity contribution is -0.136. The van der Waals surface area contributed by atoms with E-state index >= 15 is 0 Å². The van der Waals surface area contributed by atoms with Crippen LogP contribution in [0.3, 0.4) is 0 Å². The minimum Gasteiger partial charge on any atom is -0.463 e. The number of aromatic nitrogens is 2. The molecule has 4 aromatic rings. The second-order valence-corrected chi connectivity index (χ2v) is 8.68. The van der Waals surface area contributed by atoms with Gasteiger partial charge in [-0.1, -0.05) is 0 Å². The van der Waals surface area contributed by atoms with Crippen molar-refractivity contribution in [3.8, 4) is 22.9 Å². The Balaban J connectivity index is 1.46. The number of amides is 2. The van der Waals surface area contributed by atoms with Crippen LogP contribution >= 0.6 is 0 Å². The first kappa shape index (κ1) is 22.8. The molecule has 2 amide bonds. The molecule has 0 radical (unpaired) electrons. The van der Waals surface area contributed by atoms with E-state index in [1.54, 1.807) is 47.8 Å². The van der Waals surface area contributed by atoms with Crippen molar-refractivity contribution >= 4 is 22.8 Å². The predicted octanol–water partition coefficient (Wildman–Crippen LogP) is 4.87. The zero-order valence-corrected chi connectivity index (χ0v) is 19.9. The van der Waals surface area contributed by atoms with E-state index in [-0.39, 0.29) is 17.7 Å². The Bertz CT molecular complexity index is 1330. The van der Waals surface area contributed by atoms with Crippen LogP contribution in [0.2, 0.25) is 0 Å². The third-order valence-electron chi connectivity index (χ3n) is 6.55. The number of likely N-dealkylation sites (tertiary alicyclic amines) is 1. The fraction of sp³-hybridized carbons (Fsp3) is 0.333. The van der Waals surface area contributed by atoms with Gasteiger partial charge in [0.15, 0.2) is 11.5 Å². The zero-order valence-electron chi connectivity index (χ0n) is 19.9. The Morgan fingerprint density at radius 2 is 1.63 bits per heavy atom. The third kappa shape index (κ3) is 4.43. The van der Waals surface area contributed by atoms with Gasteiger partial charge in [-0.2, -0.15) is 0 Å². The van der Waals surface area contributed by atoms with Crippen LogP contribution in [0.15, 0.2) is 63.8 Å². The van der Waals surface area contributed by atoms with Gasteiger partial charge < -0.3 is 18.6 Å². The van der Waals surface area contributed by atoms with E-state index in [9.17, 15) is 9.59 Å². The highest BCUT2D eigenvalue weighted by atomic mass is 16.3. The summed E-state index contributed by atoms with van der Waals surface area (Å²) >= 11 is 0. The third-order valence-corrected chi connectivity index (χ3v) is 6.55. The van der Waals surface area contributed by atoms with Gasteiger partial charge >= 0.3 is 0 Å². The molecule has 180 valence electrons. The maximum Gasteiger partial charge on any atom is 0.253 e. The average Bonchev–Trinajstić information content (AvgIpc) is 3.63. The van der Waals surface area contributed by atoms with E-state index in [0.717, 1.165) is 12.8 Å². The Morgan fingerprint density at radius 3 is 2.23 bits per heavy atom.